The largest absolute Gasteiger partial charge is 0.361 e. The Hall–Kier alpha value is -1.46. The van der Waals surface area contributed by atoms with Gasteiger partial charge in [-0.05, 0) is 18.2 Å². The second kappa shape index (κ2) is 6.12. The molecule has 0 bridgehead atoms. The predicted molar refractivity (Wildman–Crippen MR) is 79.6 cm³/mol. The van der Waals surface area contributed by atoms with Crippen molar-refractivity contribution in [2.45, 2.75) is 32.4 Å². The number of hydrogen-bond donors (Lipinski definition) is 0. The number of ether oxygens (including phenoxy) is 1. The average molecular weight is 275 g/mol. The van der Waals surface area contributed by atoms with Gasteiger partial charge in [0.05, 0.1) is 18.2 Å². The van der Waals surface area contributed by atoms with Gasteiger partial charge in [-0.2, -0.15) is 0 Å². The second-order valence-electron chi connectivity index (χ2n) is 5.83. The van der Waals surface area contributed by atoms with E-state index in [9.17, 15) is 0 Å². The molecule has 19 heavy (non-hydrogen) atoms. The Morgan fingerprint density at radius 1 is 1.16 bits per heavy atom. The fraction of sp³-hybridized carbons (Fsp3) is 0.429. The highest BCUT2D eigenvalue weighted by molar-refractivity contribution is 6.76. The molecule has 2 heterocycles. The molecule has 0 fully saturated rings. The van der Waals surface area contributed by atoms with E-state index >= 15 is 0 Å². The van der Waals surface area contributed by atoms with Crippen LogP contribution in [0.15, 0.2) is 37.1 Å². The normalized spacial score (nSPS) is 11.7. The number of rotatable bonds is 6. The molecule has 0 aliphatic carbocycles. The van der Waals surface area contributed by atoms with Crippen molar-refractivity contribution >= 4 is 8.07 Å². The van der Waals surface area contributed by atoms with Crippen molar-refractivity contribution in [3.8, 4) is 11.3 Å². The van der Waals surface area contributed by atoms with E-state index < -0.39 is 8.07 Å². The van der Waals surface area contributed by atoms with E-state index in [1.54, 1.807) is 12.4 Å². The highest BCUT2D eigenvalue weighted by Gasteiger charge is 2.12. The minimum absolute atomic E-state index is 0.558. The maximum atomic E-state index is 5.76. The van der Waals surface area contributed by atoms with Gasteiger partial charge in [0.1, 0.15) is 6.73 Å². The molecule has 0 spiro atoms. The first-order chi connectivity index (χ1) is 9.06. The van der Waals surface area contributed by atoms with Gasteiger partial charge in [0.15, 0.2) is 0 Å². The summed E-state index contributed by atoms with van der Waals surface area (Å²) in [5.41, 5.74) is 2.18. The molecule has 0 aliphatic rings. The maximum absolute atomic E-state index is 5.76. The van der Waals surface area contributed by atoms with Gasteiger partial charge in [0.25, 0.3) is 0 Å². The lowest BCUT2D eigenvalue weighted by Gasteiger charge is -2.16. The monoisotopic (exact) mass is 275 g/mol. The van der Waals surface area contributed by atoms with Crippen LogP contribution >= 0.6 is 0 Å². The molecular weight excluding hydrogens is 254 g/mol. The van der Waals surface area contributed by atoms with E-state index in [1.807, 2.05) is 29.2 Å². The third kappa shape index (κ3) is 4.29. The van der Waals surface area contributed by atoms with Crippen LogP contribution in [0.1, 0.15) is 0 Å². The Balaban J connectivity index is 1.94. The first kappa shape index (κ1) is 14.0. The zero-order chi connectivity index (χ0) is 13.7. The Bertz CT molecular complexity index is 505. The summed E-state index contributed by atoms with van der Waals surface area (Å²) in [7, 11) is -1.01. The molecule has 0 unspecified atom stereocenters. The number of imidazole rings is 1. The van der Waals surface area contributed by atoms with Gasteiger partial charge in [-0.3, -0.25) is 4.98 Å². The van der Waals surface area contributed by atoms with E-state index in [-0.39, 0.29) is 0 Å². The van der Waals surface area contributed by atoms with Crippen LogP contribution in [0.4, 0.5) is 0 Å². The summed E-state index contributed by atoms with van der Waals surface area (Å²) in [6.45, 7) is 8.45. The van der Waals surface area contributed by atoms with E-state index in [0.717, 1.165) is 17.9 Å². The number of aromatic nitrogens is 3. The Morgan fingerprint density at radius 2 is 1.89 bits per heavy atom. The van der Waals surface area contributed by atoms with Gasteiger partial charge in [0.2, 0.25) is 0 Å². The Labute approximate surface area is 115 Å². The quantitative estimate of drug-likeness (QED) is 0.600. The molecule has 0 saturated heterocycles. The van der Waals surface area contributed by atoms with Gasteiger partial charge < -0.3 is 9.30 Å². The zero-order valence-electron chi connectivity index (χ0n) is 11.8. The van der Waals surface area contributed by atoms with Crippen molar-refractivity contribution in [2.75, 3.05) is 6.61 Å². The lowest BCUT2D eigenvalue weighted by atomic mass is 10.2. The summed E-state index contributed by atoms with van der Waals surface area (Å²) in [6.07, 6.45) is 7.25. The van der Waals surface area contributed by atoms with Crippen LogP contribution in [0.5, 0.6) is 0 Å². The van der Waals surface area contributed by atoms with E-state index in [1.165, 1.54) is 6.04 Å². The maximum Gasteiger partial charge on any atom is 0.124 e. The number of nitrogens with zero attached hydrogens (tertiary/aromatic N) is 3. The minimum Gasteiger partial charge on any atom is -0.361 e. The predicted octanol–water partition coefficient (Wildman–Crippen LogP) is 3.26. The van der Waals surface area contributed by atoms with E-state index in [0.29, 0.717) is 6.73 Å². The fourth-order valence-corrected chi connectivity index (χ4v) is 2.48. The summed E-state index contributed by atoms with van der Waals surface area (Å²) in [5, 5.41) is 0. The smallest absolute Gasteiger partial charge is 0.124 e. The molecule has 0 N–H and O–H groups in total. The molecule has 0 amide bonds. The van der Waals surface area contributed by atoms with E-state index in [2.05, 4.69) is 29.6 Å². The Kier molecular flexibility index (Phi) is 4.50. The SMILES string of the molecule is C[Si](C)(C)CCOCn1cncc1-c1ccncc1. The number of pyridine rings is 1. The van der Waals surface area contributed by atoms with Crippen molar-refractivity contribution in [3.05, 3.63) is 37.1 Å². The highest BCUT2D eigenvalue weighted by Crippen LogP contribution is 2.17. The molecular formula is C14H21N3OSi. The van der Waals surface area contributed by atoms with Crippen LogP contribution in [0.2, 0.25) is 25.7 Å². The summed E-state index contributed by atoms with van der Waals surface area (Å²) >= 11 is 0. The highest BCUT2D eigenvalue weighted by atomic mass is 28.3. The molecule has 2 rings (SSSR count). The van der Waals surface area contributed by atoms with Crippen molar-refractivity contribution in [1.29, 1.82) is 0 Å². The van der Waals surface area contributed by atoms with Gasteiger partial charge in [-0.25, -0.2) is 4.98 Å². The molecule has 5 heteroatoms. The van der Waals surface area contributed by atoms with Crippen molar-refractivity contribution < 1.29 is 4.74 Å². The van der Waals surface area contributed by atoms with E-state index in [4.69, 9.17) is 4.74 Å². The summed E-state index contributed by atoms with van der Waals surface area (Å²) in [6, 6.07) is 5.15. The van der Waals surface area contributed by atoms with Crippen LogP contribution in [-0.4, -0.2) is 29.2 Å². The van der Waals surface area contributed by atoms with Gasteiger partial charge >= 0.3 is 0 Å². The Morgan fingerprint density at radius 3 is 2.58 bits per heavy atom. The van der Waals surface area contributed by atoms with Gasteiger partial charge in [0, 0.05) is 32.6 Å². The molecule has 0 aromatic carbocycles. The summed E-state index contributed by atoms with van der Waals surface area (Å²) in [4.78, 5) is 8.23. The lowest BCUT2D eigenvalue weighted by molar-refractivity contribution is 0.0882. The topological polar surface area (TPSA) is 39.9 Å². The van der Waals surface area contributed by atoms with Crippen molar-refractivity contribution in [2.24, 2.45) is 0 Å². The van der Waals surface area contributed by atoms with Crippen LogP contribution in [0.25, 0.3) is 11.3 Å². The summed E-state index contributed by atoms with van der Waals surface area (Å²) in [5.74, 6) is 0. The minimum atomic E-state index is -1.01. The third-order valence-corrected chi connectivity index (χ3v) is 4.62. The molecule has 0 aliphatic heterocycles. The van der Waals surface area contributed by atoms with Crippen molar-refractivity contribution in [1.82, 2.24) is 14.5 Å². The van der Waals surface area contributed by atoms with Crippen LogP contribution in [-0.2, 0) is 11.5 Å². The third-order valence-electron chi connectivity index (χ3n) is 2.92. The standard InChI is InChI=1S/C14H21N3OSi/c1-19(2,3)9-8-18-12-17-11-16-10-14(17)13-4-6-15-7-5-13/h4-7,10-11H,8-9,12H2,1-3H3. The molecule has 2 aromatic heterocycles. The molecule has 102 valence electrons. The summed E-state index contributed by atoms with van der Waals surface area (Å²) < 4.78 is 7.79. The molecule has 0 saturated carbocycles. The average Bonchev–Trinajstić information content (AvgIpc) is 2.83. The van der Waals surface area contributed by atoms with Crippen LogP contribution in [0.3, 0.4) is 0 Å². The first-order valence-corrected chi connectivity index (χ1v) is 10.3. The van der Waals surface area contributed by atoms with Gasteiger partial charge in [-0.1, -0.05) is 19.6 Å². The first-order valence-electron chi connectivity index (χ1n) is 6.54. The fourth-order valence-electron chi connectivity index (χ4n) is 1.73. The zero-order valence-corrected chi connectivity index (χ0v) is 12.8. The molecule has 4 nitrogen and oxygen atoms in total. The van der Waals surface area contributed by atoms with Gasteiger partial charge in [-0.15, -0.1) is 0 Å². The molecule has 0 radical (unpaired) electrons. The second-order valence-corrected chi connectivity index (χ2v) is 11.5. The number of hydrogen-bond acceptors (Lipinski definition) is 3. The molecule has 2 aromatic rings. The van der Waals surface area contributed by atoms with Crippen LogP contribution < -0.4 is 0 Å². The lowest BCUT2D eigenvalue weighted by Crippen LogP contribution is -2.22. The van der Waals surface area contributed by atoms with Crippen molar-refractivity contribution in [3.63, 3.8) is 0 Å². The molecule has 0 atom stereocenters. The van der Waals surface area contributed by atoms with Crippen LogP contribution in [0, 0.1) is 0 Å².